The van der Waals surface area contributed by atoms with Crippen molar-refractivity contribution in [3.05, 3.63) is 22.2 Å². The second-order valence-corrected chi connectivity index (χ2v) is 5.68. The van der Waals surface area contributed by atoms with Crippen LogP contribution in [0.4, 0.5) is 5.82 Å². The Bertz CT molecular complexity index is 508. The number of H-pyrrole nitrogens is 1. The zero-order valence-corrected chi connectivity index (χ0v) is 12.8. The third kappa shape index (κ3) is 5.03. The van der Waals surface area contributed by atoms with E-state index in [9.17, 15) is 9.59 Å². The number of aromatic amines is 1. The summed E-state index contributed by atoms with van der Waals surface area (Å²) in [6, 6.07) is 0.918. The molecule has 1 aromatic rings. The highest BCUT2D eigenvalue weighted by atomic mass is 16.2. The number of hydrogen-bond donors (Lipinski definition) is 3. The van der Waals surface area contributed by atoms with Crippen molar-refractivity contribution in [1.82, 2.24) is 15.3 Å². The average Bonchev–Trinajstić information content (AvgIpc) is 2.34. The van der Waals surface area contributed by atoms with E-state index >= 15 is 0 Å². The maximum absolute atomic E-state index is 11.9. The predicted octanol–water partition coefficient (Wildman–Crippen LogP) is 1.47. The first-order valence-electron chi connectivity index (χ1n) is 6.95. The molecule has 1 rings (SSSR count). The number of nitrogens with one attached hydrogen (secondary N) is 3. The Morgan fingerprint density at radius 2 is 1.95 bits per heavy atom. The van der Waals surface area contributed by atoms with Gasteiger partial charge in [0.25, 0.3) is 5.56 Å². The van der Waals surface area contributed by atoms with Crippen LogP contribution in [0.2, 0.25) is 0 Å². The summed E-state index contributed by atoms with van der Waals surface area (Å²) in [5, 5.41) is 5.80. The van der Waals surface area contributed by atoms with Gasteiger partial charge in [-0.05, 0) is 12.8 Å². The minimum Gasteiger partial charge on any atom is -0.358 e. The lowest BCUT2D eigenvalue weighted by atomic mass is 10.2. The summed E-state index contributed by atoms with van der Waals surface area (Å²) in [5.41, 5.74) is -0.221. The molecule has 6 heteroatoms. The summed E-state index contributed by atoms with van der Waals surface area (Å²) in [6.07, 6.45) is 0. The van der Waals surface area contributed by atoms with Crippen molar-refractivity contribution < 1.29 is 4.79 Å². The molecule has 0 saturated heterocycles. The number of rotatable bonds is 6. The van der Waals surface area contributed by atoms with E-state index in [1.165, 1.54) is 6.07 Å². The van der Waals surface area contributed by atoms with Gasteiger partial charge in [-0.2, -0.15) is 0 Å². The fraction of sp³-hybridized carbons (Fsp3) is 0.643. The minimum atomic E-state index is -0.442. The summed E-state index contributed by atoms with van der Waals surface area (Å²) < 4.78 is 0. The van der Waals surface area contributed by atoms with Crippen LogP contribution < -0.4 is 16.2 Å². The molecule has 0 saturated carbocycles. The van der Waals surface area contributed by atoms with Crippen LogP contribution in [-0.4, -0.2) is 28.5 Å². The first kappa shape index (κ1) is 16.2. The molecule has 0 bridgehead atoms. The van der Waals surface area contributed by atoms with Crippen LogP contribution in [-0.2, 0) is 4.79 Å². The SMILES string of the molecule is CC(C)CNC(=O)C(C)Nc1cc(=O)[nH]c(C(C)C)n1. The number of nitrogens with zero attached hydrogens (tertiary/aromatic N) is 1. The van der Waals surface area contributed by atoms with E-state index in [1.54, 1.807) is 6.92 Å². The molecule has 1 amide bonds. The molecule has 0 spiro atoms. The number of anilines is 1. The summed E-state index contributed by atoms with van der Waals surface area (Å²) in [4.78, 5) is 30.4. The first-order valence-corrected chi connectivity index (χ1v) is 6.95. The van der Waals surface area contributed by atoms with Gasteiger partial charge in [0.15, 0.2) is 0 Å². The Hall–Kier alpha value is -1.85. The molecule has 0 aromatic carbocycles. The van der Waals surface area contributed by atoms with Gasteiger partial charge in [-0.25, -0.2) is 4.98 Å². The molecule has 0 aliphatic rings. The molecular weight excluding hydrogens is 256 g/mol. The fourth-order valence-electron chi connectivity index (χ4n) is 1.57. The molecule has 20 heavy (non-hydrogen) atoms. The summed E-state index contributed by atoms with van der Waals surface area (Å²) in [7, 11) is 0. The third-order valence-electron chi connectivity index (χ3n) is 2.75. The van der Waals surface area contributed by atoms with Crippen LogP contribution in [0.1, 0.15) is 46.4 Å². The van der Waals surface area contributed by atoms with Gasteiger partial charge in [0.2, 0.25) is 5.91 Å². The molecule has 112 valence electrons. The monoisotopic (exact) mass is 280 g/mol. The lowest BCUT2D eigenvalue weighted by Gasteiger charge is -2.16. The second kappa shape index (κ2) is 7.07. The summed E-state index contributed by atoms with van der Waals surface area (Å²) in [5.74, 6) is 1.44. The number of hydrogen-bond acceptors (Lipinski definition) is 4. The first-order chi connectivity index (χ1) is 9.29. The molecule has 0 radical (unpaired) electrons. The molecule has 6 nitrogen and oxygen atoms in total. The van der Waals surface area contributed by atoms with Crippen molar-refractivity contribution in [2.24, 2.45) is 5.92 Å². The molecule has 0 fully saturated rings. The highest BCUT2D eigenvalue weighted by molar-refractivity contribution is 5.83. The zero-order chi connectivity index (χ0) is 15.3. The minimum absolute atomic E-state index is 0.105. The molecule has 1 heterocycles. The molecule has 0 aliphatic heterocycles. The standard InChI is InChI=1S/C14H24N4O2/c1-8(2)7-15-14(20)10(5)16-11-6-12(19)18-13(17-11)9(3)4/h6,8-10H,7H2,1-5H3,(H,15,20)(H2,16,17,18,19). The maximum atomic E-state index is 11.9. The average molecular weight is 280 g/mol. The Morgan fingerprint density at radius 3 is 2.50 bits per heavy atom. The zero-order valence-electron chi connectivity index (χ0n) is 12.8. The van der Waals surface area contributed by atoms with Crippen molar-refractivity contribution in [3.63, 3.8) is 0 Å². The molecule has 1 unspecified atom stereocenters. The molecule has 1 aromatic heterocycles. The van der Waals surface area contributed by atoms with Gasteiger partial charge in [0.1, 0.15) is 17.7 Å². The van der Waals surface area contributed by atoms with Crippen LogP contribution in [0.5, 0.6) is 0 Å². The predicted molar refractivity (Wildman–Crippen MR) is 79.9 cm³/mol. The van der Waals surface area contributed by atoms with Crippen LogP contribution >= 0.6 is 0 Å². The lowest BCUT2D eigenvalue weighted by molar-refractivity contribution is -0.121. The van der Waals surface area contributed by atoms with E-state index in [0.717, 1.165) is 0 Å². The maximum Gasteiger partial charge on any atom is 0.252 e. The number of carbonyl (C=O) groups is 1. The van der Waals surface area contributed by atoms with Crippen LogP contribution in [0, 0.1) is 5.92 Å². The lowest BCUT2D eigenvalue weighted by Crippen LogP contribution is -2.39. The fourth-order valence-corrected chi connectivity index (χ4v) is 1.57. The third-order valence-corrected chi connectivity index (χ3v) is 2.75. The number of carbonyl (C=O) groups excluding carboxylic acids is 1. The van der Waals surface area contributed by atoms with Crippen molar-refractivity contribution >= 4 is 11.7 Å². The Labute approximate surface area is 119 Å². The normalized spacial score (nSPS) is 12.6. The summed E-state index contributed by atoms with van der Waals surface area (Å²) in [6.45, 7) is 10.3. The van der Waals surface area contributed by atoms with Crippen molar-refractivity contribution in [2.75, 3.05) is 11.9 Å². The van der Waals surface area contributed by atoms with E-state index in [0.29, 0.717) is 24.1 Å². The second-order valence-electron chi connectivity index (χ2n) is 5.68. The highest BCUT2D eigenvalue weighted by Gasteiger charge is 2.14. The van der Waals surface area contributed by atoms with E-state index < -0.39 is 6.04 Å². The van der Waals surface area contributed by atoms with Crippen molar-refractivity contribution in [1.29, 1.82) is 0 Å². The van der Waals surface area contributed by atoms with Gasteiger partial charge in [-0.3, -0.25) is 9.59 Å². The van der Waals surface area contributed by atoms with Gasteiger partial charge in [-0.15, -0.1) is 0 Å². The Morgan fingerprint density at radius 1 is 1.30 bits per heavy atom. The van der Waals surface area contributed by atoms with Crippen molar-refractivity contribution in [2.45, 2.75) is 46.6 Å². The van der Waals surface area contributed by atoms with Crippen LogP contribution in [0.3, 0.4) is 0 Å². The molecule has 3 N–H and O–H groups in total. The molecular formula is C14H24N4O2. The topological polar surface area (TPSA) is 86.9 Å². The smallest absolute Gasteiger partial charge is 0.252 e. The van der Waals surface area contributed by atoms with E-state index in [4.69, 9.17) is 0 Å². The quantitative estimate of drug-likeness (QED) is 0.736. The van der Waals surface area contributed by atoms with E-state index in [-0.39, 0.29) is 17.4 Å². The number of amides is 1. The Balaban J connectivity index is 2.72. The molecule has 1 atom stereocenters. The van der Waals surface area contributed by atoms with Gasteiger partial charge in [-0.1, -0.05) is 27.7 Å². The van der Waals surface area contributed by atoms with Crippen LogP contribution in [0.25, 0.3) is 0 Å². The summed E-state index contributed by atoms with van der Waals surface area (Å²) >= 11 is 0. The Kier molecular flexibility index (Phi) is 5.73. The van der Waals surface area contributed by atoms with Gasteiger partial charge in [0.05, 0.1) is 0 Å². The van der Waals surface area contributed by atoms with E-state index in [2.05, 4.69) is 20.6 Å². The van der Waals surface area contributed by atoms with Gasteiger partial charge in [0, 0.05) is 18.5 Å². The van der Waals surface area contributed by atoms with Gasteiger partial charge >= 0.3 is 0 Å². The van der Waals surface area contributed by atoms with Crippen LogP contribution in [0.15, 0.2) is 10.9 Å². The number of aromatic nitrogens is 2. The highest BCUT2D eigenvalue weighted by Crippen LogP contribution is 2.09. The van der Waals surface area contributed by atoms with Crippen molar-refractivity contribution in [3.8, 4) is 0 Å². The largest absolute Gasteiger partial charge is 0.358 e. The van der Waals surface area contributed by atoms with E-state index in [1.807, 2.05) is 27.7 Å². The molecule has 0 aliphatic carbocycles. The van der Waals surface area contributed by atoms with Gasteiger partial charge < -0.3 is 15.6 Å².